The third kappa shape index (κ3) is 4.11. The molecule has 5 rings (SSSR count). The lowest BCUT2D eigenvalue weighted by Crippen LogP contribution is -2.24. The fourth-order valence-corrected chi connectivity index (χ4v) is 5.14. The number of aromatic amines is 1. The summed E-state index contributed by atoms with van der Waals surface area (Å²) < 4.78 is 14.1. The molecule has 9 nitrogen and oxygen atoms in total. The number of H-pyrrole nitrogens is 1. The third-order valence-electron chi connectivity index (χ3n) is 5.81. The summed E-state index contributed by atoms with van der Waals surface area (Å²) in [5.74, 6) is 0.779. The van der Waals surface area contributed by atoms with Gasteiger partial charge in [0.1, 0.15) is 17.7 Å². The molecule has 1 aliphatic carbocycles. The molecular formula is C22H23N7O2S. The maximum absolute atomic E-state index is 12.8. The first-order valence-electron chi connectivity index (χ1n) is 10.6. The van der Waals surface area contributed by atoms with E-state index in [2.05, 4.69) is 25.5 Å². The van der Waals surface area contributed by atoms with Crippen LogP contribution < -0.4 is 10.9 Å². The van der Waals surface area contributed by atoms with Crippen LogP contribution in [-0.4, -0.2) is 34.3 Å². The van der Waals surface area contributed by atoms with E-state index in [9.17, 15) is 9.35 Å². The number of aromatic nitrogens is 6. The Kier molecular flexibility index (Phi) is 5.62. The number of nitrogens with zero attached hydrogens (tertiary/aromatic N) is 5. The molecule has 0 amide bonds. The largest absolute Gasteiger partial charge is 0.609 e. The van der Waals surface area contributed by atoms with Gasteiger partial charge < -0.3 is 9.87 Å². The zero-order chi connectivity index (χ0) is 22.1. The highest BCUT2D eigenvalue weighted by Gasteiger charge is 2.21. The monoisotopic (exact) mass is 449 g/mol. The molecular weight excluding hydrogens is 426 g/mol. The van der Waals surface area contributed by atoms with Crippen molar-refractivity contribution in [2.75, 3.05) is 5.32 Å². The van der Waals surface area contributed by atoms with Crippen molar-refractivity contribution >= 4 is 33.8 Å². The van der Waals surface area contributed by atoms with Crippen molar-refractivity contribution in [3.05, 3.63) is 64.3 Å². The first kappa shape index (κ1) is 20.7. The quantitative estimate of drug-likeness (QED) is 0.432. The molecule has 0 spiro atoms. The number of aryl methyl sites for hydroxylation is 1. The zero-order valence-electron chi connectivity index (χ0n) is 17.6. The summed E-state index contributed by atoms with van der Waals surface area (Å²) in [6, 6.07) is 9.45. The van der Waals surface area contributed by atoms with Gasteiger partial charge in [-0.1, -0.05) is 25.0 Å². The number of benzene rings is 1. The van der Waals surface area contributed by atoms with Crippen LogP contribution in [0.3, 0.4) is 0 Å². The molecule has 10 heteroatoms. The normalized spacial score (nSPS) is 15.3. The molecule has 3 aromatic heterocycles. The van der Waals surface area contributed by atoms with E-state index in [4.69, 9.17) is 4.98 Å². The topological polar surface area (TPSA) is 124 Å². The molecule has 1 atom stereocenters. The van der Waals surface area contributed by atoms with Gasteiger partial charge in [0.15, 0.2) is 0 Å². The Morgan fingerprint density at radius 1 is 1.22 bits per heavy atom. The molecule has 0 bridgehead atoms. The number of hydrogen-bond acceptors (Lipinski definition) is 7. The highest BCUT2D eigenvalue weighted by Crippen LogP contribution is 2.31. The summed E-state index contributed by atoms with van der Waals surface area (Å²) in [5, 5.41) is 10.8. The molecule has 1 aromatic carbocycles. The minimum Gasteiger partial charge on any atom is -0.609 e. The van der Waals surface area contributed by atoms with Crippen LogP contribution >= 0.6 is 0 Å². The first-order valence-corrected chi connectivity index (χ1v) is 11.9. The van der Waals surface area contributed by atoms with E-state index >= 15 is 0 Å². The molecule has 1 saturated carbocycles. The Morgan fingerprint density at radius 3 is 2.72 bits per heavy atom. The van der Waals surface area contributed by atoms with Gasteiger partial charge >= 0.3 is 5.16 Å². The molecule has 1 aliphatic rings. The van der Waals surface area contributed by atoms with E-state index in [0.29, 0.717) is 22.5 Å². The van der Waals surface area contributed by atoms with Gasteiger partial charge in [-0.05, 0) is 37.5 Å². The second-order valence-electron chi connectivity index (χ2n) is 8.01. The Hall–Kier alpha value is -3.24. The molecule has 1 fully saturated rings. The fourth-order valence-electron chi connectivity index (χ4n) is 4.18. The van der Waals surface area contributed by atoms with Crippen molar-refractivity contribution in [2.45, 2.75) is 49.6 Å². The number of anilines is 2. The number of pyridine rings is 1. The second-order valence-corrected chi connectivity index (χ2v) is 9.37. The fraction of sp³-hybridized carbons (Fsp3) is 0.318. The van der Waals surface area contributed by atoms with Crippen LogP contribution in [0.1, 0.15) is 42.9 Å². The standard InChI is InChI=1S/C22H23N7O2S/c1-14-10-19(30)29(17-4-2-3-5-17)20-18(14)11-23-21(27-20)26-16-8-6-15(7-9-16)12-32(31)22-24-13-25-28-22/h6-11,13,17H,2-5,12H2,1H3,(H,23,26,27)(H,24,25,28). The van der Waals surface area contributed by atoms with Gasteiger partial charge in [-0.2, -0.15) is 15.1 Å². The average molecular weight is 450 g/mol. The SMILES string of the molecule is Cc1cc(=O)n(C2CCCC2)c2nc(Nc3ccc(C[S+]([O-])c4ncn[nH]4)cc3)ncc12. The number of hydrogen-bond donors (Lipinski definition) is 2. The van der Waals surface area contributed by atoms with Gasteiger partial charge in [0.25, 0.3) is 5.56 Å². The first-order chi connectivity index (χ1) is 15.6. The molecule has 4 aromatic rings. The molecule has 0 radical (unpaired) electrons. The number of nitrogens with one attached hydrogen (secondary N) is 2. The van der Waals surface area contributed by atoms with Crippen LogP contribution in [0.2, 0.25) is 0 Å². The Labute approximate surface area is 187 Å². The van der Waals surface area contributed by atoms with Gasteiger partial charge in [-0.25, -0.2) is 10.1 Å². The minimum atomic E-state index is -1.28. The molecule has 32 heavy (non-hydrogen) atoms. The number of rotatable bonds is 6. The average Bonchev–Trinajstić information content (AvgIpc) is 3.50. The van der Waals surface area contributed by atoms with Crippen LogP contribution in [0.15, 0.2) is 52.8 Å². The van der Waals surface area contributed by atoms with E-state index in [0.717, 1.165) is 47.9 Å². The van der Waals surface area contributed by atoms with E-state index in [-0.39, 0.29) is 11.6 Å². The van der Waals surface area contributed by atoms with E-state index in [1.165, 1.54) is 6.33 Å². The lowest BCUT2D eigenvalue weighted by atomic mass is 10.1. The highest BCUT2D eigenvalue weighted by atomic mass is 32.2. The Bertz CT molecular complexity index is 1280. The molecule has 0 saturated heterocycles. The molecule has 3 heterocycles. The van der Waals surface area contributed by atoms with Crippen molar-refractivity contribution in [3.8, 4) is 0 Å². The van der Waals surface area contributed by atoms with Crippen molar-refractivity contribution in [1.29, 1.82) is 0 Å². The van der Waals surface area contributed by atoms with Crippen molar-refractivity contribution in [1.82, 2.24) is 29.7 Å². The smallest absolute Gasteiger partial charge is 0.338 e. The summed E-state index contributed by atoms with van der Waals surface area (Å²) in [6.45, 7) is 1.92. The van der Waals surface area contributed by atoms with Gasteiger partial charge in [0.2, 0.25) is 5.95 Å². The van der Waals surface area contributed by atoms with Crippen molar-refractivity contribution < 1.29 is 4.55 Å². The summed E-state index contributed by atoms with van der Waals surface area (Å²) in [4.78, 5) is 25.9. The van der Waals surface area contributed by atoms with Crippen molar-refractivity contribution in [3.63, 3.8) is 0 Å². The van der Waals surface area contributed by atoms with Gasteiger partial charge in [-0.3, -0.25) is 9.36 Å². The van der Waals surface area contributed by atoms with E-state index < -0.39 is 11.2 Å². The van der Waals surface area contributed by atoms with E-state index in [1.54, 1.807) is 12.3 Å². The minimum absolute atomic E-state index is 0.00402. The lowest BCUT2D eigenvalue weighted by molar-refractivity contribution is 0.515. The van der Waals surface area contributed by atoms with Crippen LogP contribution in [0.4, 0.5) is 11.6 Å². The molecule has 1 unspecified atom stereocenters. The van der Waals surface area contributed by atoms with Crippen molar-refractivity contribution in [2.24, 2.45) is 0 Å². The summed E-state index contributed by atoms with van der Waals surface area (Å²) in [6.07, 6.45) is 7.40. The maximum atomic E-state index is 12.8. The maximum Gasteiger partial charge on any atom is 0.338 e. The number of fused-ring (bicyclic) bond motifs is 1. The molecule has 164 valence electrons. The molecule has 0 aliphatic heterocycles. The van der Waals surface area contributed by atoms with Gasteiger partial charge in [0, 0.05) is 46.1 Å². The Balaban J connectivity index is 1.39. The summed E-state index contributed by atoms with van der Waals surface area (Å²) in [5.41, 5.74) is 3.28. The Morgan fingerprint density at radius 2 is 2.00 bits per heavy atom. The summed E-state index contributed by atoms with van der Waals surface area (Å²) >= 11 is -1.28. The third-order valence-corrected chi connectivity index (χ3v) is 7.03. The van der Waals surface area contributed by atoms with Crippen LogP contribution in [0.25, 0.3) is 11.0 Å². The van der Waals surface area contributed by atoms with E-state index in [1.807, 2.05) is 35.8 Å². The van der Waals surface area contributed by atoms with Crippen LogP contribution in [0, 0.1) is 6.92 Å². The summed E-state index contributed by atoms with van der Waals surface area (Å²) in [7, 11) is 0. The predicted molar refractivity (Wildman–Crippen MR) is 122 cm³/mol. The lowest BCUT2D eigenvalue weighted by Gasteiger charge is -2.17. The van der Waals surface area contributed by atoms with Crippen LogP contribution in [-0.2, 0) is 16.9 Å². The second kappa shape index (κ2) is 8.71. The van der Waals surface area contributed by atoms with Gasteiger partial charge in [0.05, 0.1) is 0 Å². The van der Waals surface area contributed by atoms with Crippen LogP contribution in [0.5, 0.6) is 0 Å². The predicted octanol–water partition coefficient (Wildman–Crippen LogP) is 3.38. The zero-order valence-corrected chi connectivity index (χ0v) is 18.4. The molecule has 2 N–H and O–H groups in total. The highest BCUT2D eigenvalue weighted by molar-refractivity contribution is 7.90. The van der Waals surface area contributed by atoms with Gasteiger partial charge in [-0.15, -0.1) is 0 Å².